The van der Waals surface area contributed by atoms with Gasteiger partial charge in [0, 0.05) is 38.1 Å². The SMILES string of the molecule is CNC(c1cnn(C)c1C)C(C)CCOC. The van der Waals surface area contributed by atoms with E-state index in [1.807, 2.05) is 25.0 Å². The van der Waals surface area contributed by atoms with E-state index in [2.05, 4.69) is 24.3 Å². The summed E-state index contributed by atoms with van der Waals surface area (Å²) >= 11 is 0. The van der Waals surface area contributed by atoms with Gasteiger partial charge in [-0.15, -0.1) is 0 Å². The first-order valence-corrected chi connectivity index (χ1v) is 5.76. The van der Waals surface area contributed by atoms with Crippen LogP contribution in [0.4, 0.5) is 0 Å². The molecule has 2 unspecified atom stereocenters. The molecule has 0 aliphatic heterocycles. The highest BCUT2D eigenvalue weighted by Gasteiger charge is 2.20. The van der Waals surface area contributed by atoms with Crippen molar-refractivity contribution < 1.29 is 4.74 Å². The molecule has 1 aromatic heterocycles. The van der Waals surface area contributed by atoms with Gasteiger partial charge < -0.3 is 10.1 Å². The lowest BCUT2D eigenvalue weighted by Gasteiger charge is -2.23. The number of nitrogens with one attached hydrogen (secondary N) is 1. The number of ether oxygens (including phenoxy) is 1. The molecule has 0 amide bonds. The third kappa shape index (κ3) is 2.83. The van der Waals surface area contributed by atoms with Gasteiger partial charge in [0.1, 0.15) is 0 Å². The molecule has 1 aromatic rings. The standard InChI is InChI=1S/C12H23N3O/c1-9(6-7-16-5)12(13-3)11-8-14-15(4)10(11)2/h8-9,12-13H,6-7H2,1-5H3. The summed E-state index contributed by atoms with van der Waals surface area (Å²) in [7, 11) is 5.72. The molecule has 0 spiro atoms. The van der Waals surface area contributed by atoms with E-state index in [1.54, 1.807) is 7.11 Å². The summed E-state index contributed by atoms with van der Waals surface area (Å²) in [4.78, 5) is 0. The second kappa shape index (κ2) is 6.01. The second-order valence-corrected chi connectivity index (χ2v) is 4.33. The average molecular weight is 225 g/mol. The summed E-state index contributed by atoms with van der Waals surface area (Å²) in [5, 5.41) is 7.67. The third-order valence-corrected chi connectivity index (χ3v) is 3.27. The molecule has 0 fully saturated rings. The maximum absolute atomic E-state index is 5.13. The zero-order valence-corrected chi connectivity index (χ0v) is 10.9. The predicted octanol–water partition coefficient (Wildman–Crippen LogP) is 1.66. The smallest absolute Gasteiger partial charge is 0.0540 e. The molecule has 0 aliphatic rings. The Hall–Kier alpha value is -0.870. The summed E-state index contributed by atoms with van der Waals surface area (Å²) in [5.41, 5.74) is 2.51. The van der Waals surface area contributed by atoms with Gasteiger partial charge in [0.05, 0.1) is 6.20 Å². The second-order valence-electron chi connectivity index (χ2n) is 4.33. The number of aryl methyl sites for hydroxylation is 1. The summed E-state index contributed by atoms with van der Waals surface area (Å²) in [6.07, 6.45) is 3.01. The summed E-state index contributed by atoms with van der Waals surface area (Å²) in [6.45, 7) is 5.15. The van der Waals surface area contributed by atoms with Crippen LogP contribution >= 0.6 is 0 Å². The quantitative estimate of drug-likeness (QED) is 0.800. The van der Waals surface area contributed by atoms with Crippen LogP contribution in [0, 0.1) is 12.8 Å². The number of nitrogens with zero attached hydrogens (tertiary/aromatic N) is 2. The van der Waals surface area contributed by atoms with Crippen molar-refractivity contribution in [2.45, 2.75) is 26.3 Å². The molecule has 16 heavy (non-hydrogen) atoms. The lowest BCUT2D eigenvalue weighted by molar-refractivity contribution is 0.171. The van der Waals surface area contributed by atoms with Crippen LogP contribution in [-0.2, 0) is 11.8 Å². The number of hydrogen-bond donors (Lipinski definition) is 1. The van der Waals surface area contributed by atoms with E-state index < -0.39 is 0 Å². The van der Waals surface area contributed by atoms with Crippen LogP contribution < -0.4 is 5.32 Å². The summed E-state index contributed by atoms with van der Waals surface area (Å²) in [6, 6.07) is 0.351. The van der Waals surface area contributed by atoms with E-state index in [-0.39, 0.29) is 0 Å². The lowest BCUT2D eigenvalue weighted by Crippen LogP contribution is -2.24. The van der Waals surface area contributed by atoms with Crippen molar-refractivity contribution in [1.82, 2.24) is 15.1 Å². The molecule has 2 atom stereocenters. The third-order valence-electron chi connectivity index (χ3n) is 3.27. The van der Waals surface area contributed by atoms with E-state index in [1.165, 1.54) is 11.3 Å². The van der Waals surface area contributed by atoms with Crippen molar-refractivity contribution in [3.05, 3.63) is 17.5 Å². The number of hydrogen-bond acceptors (Lipinski definition) is 3. The fraction of sp³-hybridized carbons (Fsp3) is 0.750. The molecule has 1 N–H and O–H groups in total. The summed E-state index contributed by atoms with van der Waals surface area (Å²) in [5.74, 6) is 0.535. The van der Waals surface area contributed by atoms with Crippen LogP contribution in [0.1, 0.15) is 30.6 Å². The fourth-order valence-electron chi connectivity index (χ4n) is 2.04. The molecule has 0 saturated carbocycles. The Labute approximate surface area is 98.0 Å². The zero-order valence-electron chi connectivity index (χ0n) is 10.9. The molecule has 4 heteroatoms. The molecular weight excluding hydrogens is 202 g/mol. The number of methoxy groups -OCH3 is 1. The highest BCUT2D eigenvalue weighted by atomic mass is 16.5. The van der Waals surface area contributed by atoms with Crippen LogP contribution in [-0.4, -0.2) is 30.5 Å². The van der Waals surface area contributed by atoms with Crippen molar-refractivity contribution >= 4 is 0 Å². The Morgan fingerprint density at radius 3 is 2.69 bits per heavy atom. The van der Waals surface area contributed by atoms with Crippen molar-refractivity contribution in [1.29, 1.82) is 0 Å². The van der Waals surface area contributed by atoms with E-state index in [4.69, 9.17) is 4.74 Å². The number of rotatable bonds is 6. The van der Waals surface area contributed by atoms with Crippen molar-refractivity contribution in [3.63, 3.8) is 0 Å². The molecule has 0 bridgehead atoms. The molecule has 0 aliphatic carbocycles. The highest BCUT2D eigenvalue weighted by Crippen LogP contribution is 2.26. The summed E-state index contributed by atoms with van der Waals surface area (Å²) < 4.78 is 7.05. The van der Waals surface area contributed by atoms with E-state index in [9.17, 15) is 0 Å². The molecule has 0 radical (unpaired) electrons. The molecular formula is C12H23N3O. The van der Waals surface area contributed by atoms with E-state index >= 15 is 0 Å². The van der Waals surface area contributed by atoms with Crippen LogP contribution in [0.5, 0.6) is 0 Å². The van der Waals surface area contributed by atoms with Crippen LogP contribution in [0.2, 0.25) is 0 Å². The maximum atomic E-state index is 5.13. The minimum atomic E-state index is 0.351. The molecule has 1 rings (SSSR count). The zero-order chi connectivity index (χ0) is 12.1. The Bertz CT molecular complexity index is 322. The van der Waals surface area contributed by atoms with Crippen molar-refractivity contribution in [3.8, 4) is 0 Å². The minimum Gasteiger partial charge on any atom is -0.385 e. The normalized spacial score (nSPS) is 15.1. The molecule has 4 nitrogen and oxygen atoms in total. The van der Waals surface area contributed by atoms with Crippen LogP contribution in [0.15, 0.2) is 6.20 Å². The lowest BCUT2D eigenvalue weighted by atomic mass is 9.92. The molecule has 1 heterocycles. The Balaban J connectivity index is 2.77. The molecule has 92 valence electrons. The van der Waals surface area contributed by atoms with Crippen LogP contribution in [0.25, 0.3) is 0 Å². The Morgan fingerprint density at radius 2 is 2.25 bits per heavy atom. The van der Waals surface area contributed by atoms with E-state index in [0.29, 0.717) is 12.0 Å². The molecule has 0 saturated heterocycles. The van der Waals surface area contributed by atoms with Gasteiger partial charge >= 0.3 is 0 Å². The Morgan fingerprint density at radius 1 is 1.56 bits per heavy atom. The van der Waals surface area contributed by atoms with Gasteiger partial charge in [-0.2, -0.15) is 5.10 Å². The van der Waals surface area contributed by atoms with Gasteiger partial charge in [0.2, 0.25) is 0 Å². The maximum Gasteiger partial charge on any atom is 0.0540 e. The van der Waals surface area contributed by atoms with Gasteiger partial charge in [-0.05, 0) is 26.3 Å². The van der Waals surface area contributed by atoms with Gasteiger partial charge in [-0.25, -0.2) is 0 Å². The largest absolute Gasteiger partial charge is 0.385 e. The van der Waals surface area contributed by atoms with E-state index in [0.717, 1.165) is 13.0 Å². The topological polar surface area (TPSA) is 39.1 Å². The first kappa shape index (κ1) is 13.2. The first-order valence-electron chi connectivity index (χ1n) is 5.76. The first-order chi connectivity index (χ1) is 7.61. The van der Waals surface area contributed by atoms with Gasteiger partial charge in [0.15, 0.2) is 0 Å². The predicted molar refractivity (Wildman–Crippen MR) is 65.4 cm³/mol. The number of aromatic nitrogens is 2. The van der Waals surface area contributed by atoms with Gasteiger partial charge in [0.25, 0.3) is 0 Å². The van der Waals surface area contributed by atoms with Gasteiger partial charge in [-0.3, -0.25) is 4.68 Å². The van der Waals surface area contributed by atoms with Crippen molar-refractivity contribution in [2.75, 3.05) is 20.8 Å². The Kier molecular flexibility index (Phi) is 4.96. The minimum absolute atomic E-state index is 0.351. The monoisotopic (exact) mass is 225 g/mol. The van der Waals surface area contributed by atoms with Crippen molar-refractivity contribution in [2.24, 2.45) is 13.0 Å². The van der Waals surface area contributed by atoms with Gasteiger partial charge in [-0.1, -0.05) is 6.92 Å². The average Bonchev–Trinajstić information content (AvgIpc) is 2.59. The fourth-order valence-corrected chi connectivity index (χ4v) is 2.04. The van der Waals surface area contributed by atoms with Crippen LogP contribution in [0.3, 0.4) is 0 Å². The highest BCUT2D eigenvalue weighted by molar-refractivity contribution is 5.21. The molecule has 0 aromatic carbocycles.